The Morgan fingerprint density at radius 1 is 1.15 bits per heavy atom. The molecule has 0 spiro atoms. The number of benzene rings is 2. The molecule has 2 aromatic carbocycles. The number of carbonyl (C=O) groups excluding carboxylic acids is 1. The molecule has 0 saturated heterocycles. The lowest BCUT2D eigenvalue weighted by Gasteiger charge is -2.22. The number of anilines is 2. The predicted octanol–water partition coefficient (Wildman–Crippen LogP) is 5.28. The molecule has 0 fully saturated rings. The topological polar surface area (TPSA) is 51.3 Å². The Hall–Kier alpha value is -2.96. The van der Waals surface area contributed by atoms with Crippen molar-refractivity contribution < 1.29 is 18.0 Å². The van der Waals surface area contributed by atoms with E-state index in [9.17, 15) is 18.0 Å². The third-order valence-electron chi connectivity index (χ3n) is 4.87. The van der Waals surface area contributed by atoms with Gasteiger partial charge < -0.3 is 10.3 Å². The maximum Gasteiger partial charge on any atom is 0.416 e. The summed E-state index contributed by atoms with van der Waals surface area (Å²) in [6.07, 6.45) is -3.71. The van der Waals surface area contributed by atoms with E-state index in [1.54, 1.807) is 12.1 Å². The zero-order valence-corrected chi connectivity index (χ0v) is 15.3. The number of aromatic nitrogens is 1. The molecule has 0 aliphatic rings. The van der Waals surface area contributed by atoms with Crippen LogP contribution in [0.4, 0.5) is 29.3 Å². The highest BCUT2D eigenvalue weighted by molar-refractivity contribution is 6.01. The third-order valence-corrected chi connectivity index (χ3v) is 4.87. The number of carbonyl (C=O) groups is 1. The Morgan fingerprint density at radius 2 is 1.81 bits per heavy atom. The molecular weight excluding hydrogens is 355 g/mol. The van der Waals surface area contributed by atoms with Gasteiger partial charge in [-0.25, -0.2) is 4.79 Å². The zero-order chi connectivity index (χ0) is 19.9. The Kier molecular flexibility index (Phi) is 4.63. The van der Waals surface area contributed by atoms with Gasteiger partial charge >= 0.3 is 12.2 Å². The summed E-state index contributed by atoms with van der Waals surface area (Å²) in [6.45, 7) is 4.05. The first-order valence-electron chi connectivity index (χ1n) is 8.50. The van der Waals surface area contributed by atoms with Gasteiger partial charge in [-0.1, -0.05) is 13.0 Å². The Morgan fingerprint density at radius 3 is 2.41 bits per heavy atom. The third kappa shape index (κ3) is 3.25. The Balaban J connectivity index is 2.18. The van der Waals surface area contributed by atoms with Gasteiger partial charge in [0.15, 0.2) is 0 Å². The lowest BCUT2D eigenvalue weighted by atomic mass is 10.1. The molecule has 0 bridgehead atoms. The van der Waals surface area contributed by atoms with Gasteiger partial charge in [-0.2, -0.15) is 13.2 Å². The quantitative estimate of drug-likeness (QED) is 0.665. The molecule has 4 nitrogen and oxygen atoms in total. The van der Waals surface area contributed by atoms with Crippen molar-refractivity contribution in [1.82, 2.24) is 4.57 Å². The number of hydrogen-bond donors (Lipinski definition) is 1. The lowest BCUT2D eigenvalue weighted by Crippen LogP contribution is -2.31. The molecule has 27 heavy (non-hydrogen) atoms. The molecular formula is C20H20F3N3O. The monoisotopic (exact) mass is 375 g/mol. The summed E-state index contributed by atoms with van der Waals surface area (Å²) in [7, 11) is 1.95. The second-order valence-electron chi connectivity index (χ2n) is 6.40. The second kappa shape index (κ2) is 6.64. The van der Waals surface area contributed by atoms with Crippen molar-refractivity contribution in [2.24, 2.45) is 12.8 Å². The normalized spacial score (nSPS) is 11.8. The van der Waals surface area contributed by atoms with Gasteiger partial charge in [0.1, 0.15) is 0 Å². The predicted molar refractivity (Wildman–Crippen MR) is 100 cm³/mol. The number of primary amides is 1. The fraction of sp³-hybridized carbons (Fsp3) is 0.250. The summed E-state index contributed by atoms with van der Waals surface area (Å²) in [5.74, 6) is 0. The van der Waals surface area contributed by atoms with Crippen LogP contribution in [0.5, 0.6) is 0 Å². The number of amides is 2. The fourth-order valence-electron chi connectivity index (χ4n) is 3.45. The molecule has 0 atom stereocenters. The van der Waals surface area contributed by atoms with Crippen LogP contribution in [-0.4, -0.2) is 10.6 Å². The van der Waals surface area contributed by atoms with E-state index < -0.39 is 17.8 Å². The molecule has 7 heteroatoms. The highest BCUT2D eigenvalue weighted by Crippen LogP contribution is 2.35. The van der Waals surface area contributed by atoms with Gasteiger partial charge in [-0.15, -0.1) is 0 Å². The minimum Gasteiger partial charge on any atom is -0.351 e. The first kappa shape index (κ1) is 18.8. The lowest BCUT2D eigenvalue weighted by molar-refractivity contribution is -0.137. The highest BCUT2D eigenvalue weighted by Gasteiger charge is 2.31. The van der Waals surface area contributed by atoms with E-state index in [2.05, 4.69) is 4.57 Å². The van der Waals surface area contributed by atoms with Crippen molar-refractivity contribution in [3.63, 3.8) is 0 Å². The average Bonchev–Trinajstić information content (AvgIpc) is 2.84. The molecule has 0 saturated carbocycles. The number of hydrogen-bond acceptors (Lipinski definition) is 1. The van der Waals surface area contributed by atoms with E-state index in [1.165, 1.54) is 12.1 Å². The number of nitrogens with two attached hydrogens (primary N) is 1. The van der Waals surface area contributed by atoms with Crippen LogP contribution in [0.15, 0.2) is 42.5 Å². The smallest absolute Gasteiger partial charge is 0.351 e. The molecule has 0 aliphatic carbocycles. The molecule has 3 aromatic rings. The molecule has 0 unspecified atom stereocenters. The van der Waals surface area contributed by atoms with Gasteiger partial charge in [-0.3, -0.25) is 4.90 Å². The second-order valence-corrected chi connectivity index (χ2v) is 6.40. The van der Waals surface area contributed by atoms with E-state index in [0.29, 0.717) is 5.69 Å². The SMILES string of the molecule is CCc1c(C)n(C)c2ccc(N(C(N)=O)c3cccc(C(F)(F)F)c3)cc12. The summed E-state index contributed by atoms with van der Waals surface area (Å²) in [6, 6.07) is 9.06. The Bertz CT molecular complexity index is 1020. The summed E-state index contributed by atoms with van der Waals surface area (Å²) < 4.78 is 41.2. The standard InChI is InChI=1S/C20H20F3N3O/c1-4-16-12(2)25(3)18-9-8-15(11-17(16)18)26(19(24)27)14-7-5-6-13(10-14)20(21,22)23/h5-11H,4H2,1-3H3,(H2,24,27). The summed E-state index contributed by atoms with van der Waals surface area (Å²) in [5.41, 5.74) is 8.39. The molecule has 0 radical (unpaired) electrons. The van der Waals surface area contributed by atoms with E-state index >= 15 is 0 Å². The highest BCUT2D eigenvalue weighted by atomic mass is 19.4. The van der Waals surface area contributed by atoms with Gasteiger partial charge in [0.2, 0.25) is 0 Å². The first-order valence-corrected chi connectivity index (χ1v) is 8.50. The minimum atomic E-state index is -4.50. The molecule has 142 valence electrons. The molecule has 2 N–H and O–H groups in total. The zero-order valence-electron chi connectivity index (χ0n) is 15.3. The van der Waals surface area contributed by atoms with E-state index in [-0.39, 0.29) is 5.69 Å². The van der Waals surface area contributed by atoms with E-state index in [0.717, 1.165) is 45.6 Å². The summed E-state index contributed by atoms with van der Waals surface area (Å²) >= 11 is 0. The number of nitrogens with zero attached hydrogens (tertiary/aromatic N) is 2. The maximum absolute atomic E-state index is 13.1. The number of alkyl halides is 3. The van der Waals surface area contributed by atoms with E-state index in [1.807, 2.05) is 27.0 Å². The van der Waals surface area contributed by atoms with Gasteiger partial charge in [0.05, 0.1) is 16.9 Å². The van der Waals surface area contributed by atoms with Crippen molar-refractivity contribution in [2.75, 3.05) is 4.90 Å². The van der Waals surface area contributed by atoms with Crippen LogP contribution in [-0.2, 0) is 19.6 Å². The van der Waals surface area contributed by atoms with Crippen molar-refractivity contribution in [3.8, 4) is 0 Å². The molecule has 3 rings (SSSR count). The Labute approximate surface area is 155 Å². The van der Waals surface area contributed by atoms with Crippen LogP contribution in [0.1, 0.15) is 23.7 Å². The summed E-state index contributed by atoms with van der Waals surface area (Å²) in [4.78, 5) is 13.2. The molecule has 1 heterocycles. The van der Waals surface area contributed by atoms with E-state index in [4.69, 9.17) is 5.73 Å². The van der Waals surface area contributed by atoms with Crippen LogP contribution in [0, 0.1) is 6.92 Å². The van der Waals surface area contributed by atoms with Crippen LogP contribution < -0.4 is 10.6 Å². The molecule has 1 aromatic heterocycles. The van der Waals surface area contributed by atoms with Gasteiger partial charge in [-0.05, 0) is 55.3 Å². The number of aryl methyl sites for hydroxylation is 2. The van der Waals surface area contributed by atoms with Crippen LogP contribution in [0.25, 0.3) is 10.9 Å². The average molecular weight is 375 g/mol. The van der Waals surface area contributed by atoms with Crippen LogP contribution in [0.2, 0.25) is 0 Å². The first-order chi connectivity index (χ1) is 12.6. The number of rotatable bonds is 3. The number of fused-ring (bicyclic) bond motifs is 1. The van der Waals surface area contributed by atoms with Crippen LogP contribution >= 0.6 is 0 Å². The number of halogens is 3. The molecule has 2 amide bonds. The summed E-state index contributed by atoms with van der Waals surface area (Å²) in [5, 5.41) is 0.952. The van der Waals surface area contributed by atoms with Gasteiger partial charge in [0, 0.05) is 23.6 Å². The fourth-order valence-corrected chi connectivity index (χ4v) is 3.45. The largest absolute Gasteiger partial charge is 0.416 e. The molecule has 0 aliphatic heterocycles. The van der Waals surface area contributed by atoms with Crippen molar-refractivity contribution in [3.05, 3.63) is 59.3 Å². The van der Waals surface area contributed by atoms with Crippen molar-refractivity contribution in [1.29, 1.82) is 0 Å². The van der Waals surface area contributed by atoms with Crippen LogP contribution in [0.3, 0.4) is 0 Å². The number of urea groups is 1. The maximum atomic E-state index is 13.1. The van der Waals surface area contributed by atoms with Crippen molar-refractivity contribution >= 4 is 28.3 Å². The van der Waals surface area contributed by atoms with Crippen molar-refractivity contribution in [2.45, 2.75) is 26.4 Å². The van der Waals surface area contributed by atoms with Gasteiger partial charge in [0.25, 0.3) is 0 Å². The minimum absolute atomic E-state index is 0.0716.